The summed E-state index contributed by atoms with van der Waals surface area (Å²) in [5.41, 5.74) is 0.374. The number of hydrogen-bond acceptors (Lipinski definition) is 6. The Labute approximate surface area is 108 Å². The summed E-state index contributed by atoms with van der Waals surface area (Å²) in [6.07, 6.45) is 1.53. The van der Waals surface area contributed by atoms with E-state index in [-0.39, 0.29) is 17.9 Å². The highest BCUT2D eigenvalue weighted by atomic mass is 16.5. The summed E-state index contributed by atoms with van der Waals surface area (Å²) in [6, 6.07) is 4.53. The van der Waals surface area contributed by atoms with Crippen LogP contribution < -0.4 is 10.9 Å². The zero-order valence-corrected chi connectivity index (χ0v) is 10.5. The van der Waals surface area contributed by atoms with Gasteiger partial charge in [-0.3, -0.25) is 4.79 Å². The lowest BCUT2D eigenvalue weighted by Gasteiger charge is -2.03. The van der Waals surface area contributed by atoms with Crippen molar-refractivity contribution in [1.29, 1.82) is 0 Å². The van der Waals surface area contributed by atoms with Gasteiger partial charge in [-0.2, -0.15) is 5.10 Å². The van der Waals surface area contributed by atoms with Gasteiger partial charge in [-0.15, -0.1) is 0 Å². The molecule has 1 N–H and O–H groups in total. The van der Waals surface area contributed by atoms with E-state index < -0.39 is 5.97 Å². The van der Waals surface area contributed by atoms with Gasteiger partial charge in [-0.25, -0.2) is 9.48 Å². The van der Waals surface area contributed by atoms with Crippen molar-refractivity contribution in [1.82, 2.24) is 9.78 Å². The van der Waals surface area contributed by atoms with Crippen LogP contribution >= 0.6 is 0 Å². The van der Waals surface area contributed by atoms with Crippen LogP contribution in [0, 0.1) is 0 Å². The molecule has 0 aliphatic rings. The first kappa shape index (κ1) is 12.9. The van der Waals surface area contributed by atoms with Gasteiger partial charge in [0.2, 0.25) is 5.76 Å². The van der Waals surface area contributed by atoms with Crippen LogP contribution in [0.5, 0.6) is 0 Å². The molecule has 0 unspecified atom stereocenters. The van der Waals surface area contributed by atoms with E-state index in [1.807, 2.05) is 0 Å². The largest absolute Gasteiger partial charge is 0.463 e. The molecule has 0 fully saturated rings. The molecule has 19 heavy (non-hydrogen) atoms. The summed E-state index contributed by atoms with van der Waals surface area (Å²) in [5.74, 6) is -0.0123. The number of esters is 1. The number of carbonyl (C=O) groups is 1. The molecular weight excluding hydrogens is 250 g/mol. The zero-order valence-electron chi connectivity index (χ0n) is 10.5. The second-order valence-electron chi connectivity index (χ2n) is 3.75. The molecule has 0 aliphatic heterocycles. The second kappa shape index (κ2) is 5.38. The van der Waals surface area contributed by atoms with E-state index in [1.54, 1.807) is 13.1 Å². The van der Waals surface area contributed by atoms with Crippen molar-refractivity contribution in [3.63, 3.8) is 0 Å². The van der Waals surface area contributed by atoms with Gasteiger partial charge in [0.15, 0.2) is 0 Å². The maximum absolute atomic E-state index is 11.7. The Morgan fingerprint density at radius 3 is 2.95 bits per heavy atom. The molecule has 7 nitrogen and oxygen atoms in total. The summed E-state index contributed by atoms with van der Waals surface area (Å²) in [4.78, 5) is 22.9. The van der Waals surface area contributed by atoms with Crippen LogP contribution in [0.3, 0.4) is 0 Å². The second-order valence-corrected chi connectivity index (χ2v) is 3.75. The van der Waals surface area contributed by atoms with Gasteiger partial charge in [-0.1, -0.05) is 0 Å². The smallest absolute Gasteiger partial charge is 0.373 e. The summed E-state index contributed by atoms with van der Waals surface area (Å²) in [7, 11) is 2.98. The van der Waals surface area contributed by atoms with Crippen molar-refractivity contribution in [3.05, 3.63) is 46.3 Å². The summed E-state index contributed by atoms with van der Waals surface area (Å²) in [5, 5.41) is 6.81. The van der Waals surface area contributed by atoms with Crippen molar-refractivity contribution in [2.24, 2.45) is 0 Å². The van der Waals surface area contributed by atoms with E-state index >= 15 is 0 Å². The fourth-order valence-electron chi connectivity index (χ4n) is 1.51. The first-order valence-corrected chi connectivity index (χ1v) is 5.56. The fourth-order valence-corrected chi connectivity index (χ4v) is 1.51. The topological polar surface area (TPSA) is 86.4 Å². The molecule has 0 aromatic carbocycles. The molecule has 0 amide bonds. The maximum Gasteiger partial charge on any atom is 0.373 e. The van der Waals surface area contributed by atoms with E-state index in [0.717, 1.165) is 0 Å². The van der Waals surface area contributed by atoms with Crippen molar-refractivity contribution in [2.45, 2.75) is 6.54 Å². The van der Waals surface area contributed by atoms with Gasteiger partial charge in [0.1, 0.15) is 12.3 Å². The van der Waals surface area contributed by atoms with Gasteiger partial charge in [0, 0.05) is 13.1 Å². The summed E-state index contributed by atoms with van der Waals surface area (Å²) in [6.45, 7) is 0.153. The standard InChI is InChI=1S/C12H13N3O4/c1-13-8-5-11(16)15(14-6-8)7-9-3-4-10(19-9)12(17)18-2/h3-6,13H,7H2,1-2H3. The number of methoxy groups -OCH3 is 1. The highest BCUT2D eigenvalue weighted by molar-refractivity contribution is 5.86. The lowest BCUT2D eigenvalue weighted by molar-refractivity contribution is 0.0562. The third-order valence-electron chi connectivity index (χ3n) is 2.51. The zero-order chi connectivity index (χ0) is 13.8. The molecule has 2 aromatic rings. The lowest BCUT2D eigenvalue weighted by Crippen LogP contribution is -2.22. The van der Waals surface area contributed by atoms with Crippen LogP contribution in [-0.2, 0) is 11.3 Å². The molecule has 0 aliphatic carbocycles. The number of anilines is 1. The Balaban J connectivity index is 2.19. The van der Waals surface area contributed by atoms with Gasteiger partial charge >= 0.3 is 5.97 Å². The van der Waals surface area contributed by atoms with Gasteiger partial charge in [0.25, 0.3) is 5.56 Å². The molecule has 2 heterocycles. The van der Waals surface area contributed by atoms with E-state index in [9.17, 15) is 9.59 Å². The predicted octanol–water partition coefficient (Wildman–Crippen LogP) is 0.713. The van der Waals surface area contributed by atoms with Gasteiger partial charge < -0.3 is 14.5 Å². The molecule has 2 rings (SSSR count). The van der Waals surface area contributed by atoms with Gasteiger partial charge in [-0.05, 0) is 12.1 Å². The Hall–Kier alpha value is -2.57. The Kier molecular flexibility index (Phi) is 3.65. The molecule has 0 saturated heterocycles. The average Bonchev–Trinajstić information content (AvgIpc) is 2.88. The maximum atomic E-state index is 11.7. The molecule has 0 radical (unpaired) electrons. The third-order valence-corrected chi connectivity index (χ3v) is 2.51. The number of furan rings is 1. The third kappa shape index (κ3) is 2.82. The molecule has 7 heteroatoms. The normalized spacial score (nSPS) is 10.2. The number of aromatic nitrogens is 2. The Morgan fingerprint density at radius 2 is 2.32 bits per heavy atom. The minimum absolute atomic E-state index is 0.0948. The molecular formula is C12H13N3O4. The highest BCUT2D eigenvalue weighted by Gasteiger charge is 2.11. The number of ether oxygens (including phenoxy) is 1. The number of nitrogens with one attached hydrogen (secondary N) is 1. The summed E-state index contributed by atoms with van der Waals surface area (Å²) >= 11 is 0. The minimum Gasteiger partial charge on any atom is -0.463 e. The monoisotopic (exact) mass is 263 g/mol. The first-order chi connectivity index (χ1) is 9.13. The molecule has 2 aromatic heterocycles. The van der Waals surface area contributed by atoms with E-state index in [2.05, 4.69) is 15.2 Å². The quantitative estimate of drug-likeness (QED) is 0.818. The van der Waals surface area contributed by atoms with Crippen molar-refractivity contribution in [2.75, 3.05) is 19.5 Å². The van der Waals surface area contributed by atoms with Crippen LogP contribution in [0.1, 0.15) is 16.3 Å². The molecule has 100 valence electrons. The van der Waals surface area contributed by atoms with E-state index in [0.29, 0.717) is 11.4 Å². The Morgan fingerprint density at radius 1 is 1.53 bits per heavy atom. The van der Waals surface area contributed by atoms with Crippen LogP contribution in [0.15, 0.2) is 33.6 Å². The lowest BCUT2D eigenvalue weighted by atomic mass is 10.4. The number of hydrogen-bond donors (Lipinski definition) is 1. The van der Waals surface area contributed by atoms with Crippen molar-refractivity contribution >= 4 is 11.7 Å². The van der Waals surface area contributed by atoms with Crippen molar-refractivity contribution in [3.8, 4) is 0 Å². The van der Waals surface area contributed by atoms with E-state index in [4.69, 9.17) is 4.42 Å². The van der Waals surface area contributed by atoms with Crippen molar-refractivity contribution < 1.29 is 13.9 Å². The molecule has 0 saturated carbocycles. The number of rotatable bonds is 4. The van der Waals surface area contributed by atoms with E-state index in [1.165, 1.54) is 30.1 Å². The van der Waals surface area contributed by atoms with Crippen LogP contribution in [-0.4, -0.2) is 29.9 Å². The van der Waals surface area contributed by atoms with Crippen LogP contribution in [0.2, 0.25) is 0 Å². The predicted molar refractivity (Wildman–Crippen MR) is 67.2 cm³/mol. The Bertz CT molecular complexity index is 644. The summed E-state index contributed by atoms with van der Waals surface area (Å²) < 4.78 is 11.0. The molecule has 0 atom stereocenters. The minimum atomic E-state index is -0.558. The number of carbonyl (C=O) groups excluding carboxylic acids is 1. The first-order valence-electron chi connectivity index (χ1n) is 5.56. The number of nitrogens with zero attached hydrogens (tertiary/aromatic N) is 2. The average molecular weight is 263 g/mol. The molecule has 0 spiro atoms. The molecule has 0 bridgehead atoms. The fraction of sp³-hybridized carbons (Fsp3) is 0.250. The van der Waals surface area contributed by atoms with Gasteiger partial charge in [0.05, 0.1) is 19.0 Å². The highest BCUT2D eigenvalue weighted by Crippen LogP contribution is 2.09. The van der Waals surface area contributed by atoms with Crippen LogP contribution in [0.25, 0.3) is 0 Å². The van der Waals surface area contributed by atoms with Crippen LogP contribution in [0.4, 0.5) is 5.69 Å². The SMILES string of the molecule is CNc1cnn(Cc2ccc(C(=O)OC)o2)c(=O)c1.